The third-order valence-electron chi connectivity index (χ3n) is 3.42. The van der Waals surface area contributed by atoms with E-state index in [2.05, 4.69) is 26.8 Å². The zero-order valence-corrected chi connectivity index (χ0v) is 12.2. The number of methoxy groups -OCH3 is 2. The molecule has 1 fully saturated rings. The van der Waals surface area contributed by atoms with Gasteiger partial charge in [-0.05, 0) is 25.7 Å². The fraction of sp³-hybridized carbons (Fsp3) is 0.750. The van der Waals surface area contributed by atoms with Crippen molar-refractivity contribution in [3.05, 3.63) is 0 Å². The Morgan fingerprint density at radius 2 is 1.63 bits per heavy atom. The van der Waals surface area contributed by atoms with Crippen molar-refractivity contribution in [1.82, 2.24) is 15.0 Å². The highest BCUT2D eigenvalue weighted by atomic mass is 35.5. The van der Waals surface area contributed by atoms with Gasteiger partial charge in [0.05, 0.1) is 14.2 Å². The fourth-order valence-corrected chi connectivity index (χ4v) is 2.46. The first-order valence-electron chi connectivity index (χ1n) is 6.37. The molecule has 106 valence electrons. The Labute approximate surface area is 118 Å². The first kappa shape index (κ1) is 14.1. The standard InChI is InChI=1S/C12H19ClN4O2/c1-8(13)9-4-6-17(7-5-9)10-14-11(18-2)16-12(15-10)19-3/h8-9H,4-7H2,1-3H3. The number of halogens is 1. The summed E-state index contributed by atoms with van der Waals surface area (Å²) in [4.78, 5) is 14.6. The van der Waals surface area contributed by atoms with E-state index in [4.69, 9.17) is 21.1 Å². The lowest BCUT2D eigenvalue weighted by atomic mass is 9.94. The minimum Gasteiger partial charge on any atom is -0.467 e. The van der Waals surface area contributed by atoms with Gasteiger partial charge in [0, 0.05) is 18.5 Å². The number of piperidine rings is 1. The third-order valence-corrected chi connectivity index (χ3v) is 3.78. The van der Waals surface area contributed by atoms with E-state index in [0.717, 1.165) is 25.9 Å². The number of anilines is 1. The van der Waals surface area contributed by atoms with Crippen LogP contribution in [0.4, 0.5) is 5.95 Å². The maximum atomic E-state index is 6.15. The van der Waals surface area contributed by atoms with Crippen LogP contribution in [0.25, 0.3) is 0 Å². The molecule has 0 amide bonds. The minimum atomic E-state index is 0.213. The number of hydrogen-bond donors (Lipinski definition) is 0. The van der Waals surface area contributed by atoms with Gasteiger partial charge in [0.2, 0.25) is 5.95 Å². The van der Waals surface area contributed by atoms with E-state index in [1.807, 2.05) is 0 Å². The van der Waals surface area contributed by atoms with E-state index in [1.165, 1.54) is 14.2 Å². The molecule has 2 rings (SSSR count). The van der Waals surface area contributed by atoms with Crippen molar-refractivity contribution in [2.24, 2.45) is 5.92 Å². The predicted octanol–water partition coefficient (Wildman–Crippen LogP) is 1.73. The molecule has 0 aliphatic carbocycles. The van der Waals surface area contributed by atoms with Gasteiger partial charge in [-0.1, -0.05) is 0 Å². The van der Waals surface area contributed by atoms with Gasteiger partial charge in [0.1, 0.15) is 0 Å². The molecule has 19 heavy (non-hydrogen) atoms. The van der Waals surface area contributed by atoms with Crippen molar-refractivity contribution in [3.63, 3.8) is 0 Å². The third kappa shape index (κ3) is 3.37. The molecule has 0 radical (unpaired) electrons. The highest BCUT2D eigenvalue weighted by Crippen LogP contribution is 2.26. The van der Waals surface area contributed by atoms with Crippen molar-refractivity contribution < 1.29 is 9.47 Å². The molecule has 0 aromatic carbocycles. The molecule has 1 aliphatic heterocycles. The predicted molar refractivity (Wildman–Crippen MR) is 73.2 cm³/mol. The van der Waals surface area contributed by atoms with Crippen LogP contribution in [0.15, 0.2) is 0 Å². The summed E-state index contributed by atoms with van der Waals surface area (Å²) in [5.41, 5.74) is 0. The molecule has 0 spiro atoms. The molecule has 2 heterocycles. The average Bonchev–Trinajstić information content (AvgIpc) is 2.46. The normalized spacial score (nSPS) is 18.2. The maximum Gasteiger partial charge on any atom is 0.324 e. The van der Waals surface area contributed by atoms with Gasteiger partial charge in [-0.3, -0.25) is 0 Å². The second-order valence-corrected chi connectivity index (χ2v) is 5.30. The number of ether oxygens (including phenoxy) is 2. The number of hydrogen-bond acceptors (Lipinski definition) is 6. The van der Waals surface area contributed by atoms with Crippen LogP contribution < -0.4 is 14.4 Å². The monoisotopic (exact) mass is 286 g/mol. The lowest BCUT2D eigenvalue weighted by Crippen LogP contribution is -2.37. The van der Waals surface area contributed by atoms with Gasteiger partial charge in [-0.2, -0.15) is 9.97 Å². The lowest BCUT2D eigenvalue weighted by molar-refractivity contribution is 0.337. The number of rotatable bonds is 4. The number of aromatic nitrogens is 3. The van der Waals surface area contributed by atoms with Gasteiger partial charge in [0.15, 0.2) is 0 Å². The van der Waals surface area contributed by atoms with Gasteiger partial charge in [0.25, 0.3) is 0 Å². The minimum absolute atomic E-state index is 0.213. The van der Waals surface area contributed by atoms with Crippen LogP contribution in [-0.2, 0) is 0 Å². The maximum absolute atomic E-state index is 6.15. The van der Waals surface area contributed by atoms with Crippen molar-refractivity contribution in [3.8, 4) is 12.0 Å². The van der Waals surface area contributed by atoms with E-state index in [9.17, 15) is 0 Å². The van der Waals surface area contributed by atoms with Crippen molar-refractivity contribution in [1.29, 1.82) is 0 Å². The van der Waals surface area contributed by atoms with Gasteiger partial charge in [-0.25, -0.2) is 0 Å². The highest BCUT2D eigenvalue weighted by Gasteiger charge is 2.25. The quantitative estimate of drug-likeness (QED) is 0.786. The largest absolute Gasteiger partial charge is 0.467 e. The summed E-state index contributed by atoms with van der Waals surface area (Å²) in [6.45, 7) is 3.83. The van der Waals surface area contributed by atoms with Crippen LogP contribution in [0, 0.1) is 5.92 Å². The Morgan fingerprint density at radius 1 is 1.11 bits per heavy atom. The molecule has 1 unspecified atom stereocenters. The number of alkyl halides is 1. The Morgan fingerprint density at radius 3 is 2.05 bits per heavy atom. The molecule has 0 N–H and O–H groups in total. The molecule has 1 aromatic rings. The van der Waals surface area contributed by atoms with Crippen molar-refractivity contribution in [2.45, 2.75) is 25.1 Å². The zero-order chi connectivity index (χ0) is 13.8. The van der Waals surface area contributed by atoms with E-state index in [0.29, 0.717) is 11.9 Å². The van der Waals surface area contributed by atoms with Crippen LogP contribution in [0.1, 0.15) is 19.8 Å². The zero-order valence-electron chi connectivity index (χ0n) is 11.5. The topological polar surface area (TPSA) is 60.4 Å². The van der Waals surface area contributed by atoms with Gasteiger partial charge in [-0.15, -0.1) is 16.6 Å². The molecular weight excluding hydrogens is 268 g/mol. The Bertz CT molecular complexity index is 400. The van der Waals surface area contributed by atoms with Crippen LogP contribution >= 0.6 is 11.6 Å². The first-order chi connectivity index (χ1) is 9.13. The molecule has 6 nitrogen and oxygen atoms in total. The molecule has 0 bridgehead atoms. The Hall–Kier alpha value is -1.30. The van der Waals surface area contributed by atoms with Crippen molar-refractivity contribution >= 4 is 17.5 Å². The summed E-state index contributed by atoms with van der Waals surface area (Å²) in [6.07, 6.45) is 2.09. The Kier molecular flexibility index (Phi) is 4.63. The van der Waals surface area contributed by atoms with Gasteiger partial charge >= 0.3 is 12.0 Å². The summed E-state index contributed by atoms with van der Waals surface area (Å²) in [6, 6.07) is 0.546. The van der Waals surface area contributed by atoms with Crippen LogP contribution in [0.3, 0.4) is 0 Å². The first-order valence-corrected chi connectivity index (χ1v) is 6.80. The summed E-state index contributed by atoms with van der Waals surface area (Å²) in [5, 5.41) is 0.213. The van der Waals surface area contributed by atoms with E-state index in [1.54, 1.807) is 0 Å². The highest BCUT2D eigenvalue weighted by molar-refractivity contribution is 6.20. The molecule has 7 heteroatoms. The molecule has 1 aromatic heterocycles. The molecular formula is C12H19ClN4O2. The molecule has 1 aliphatic rings. The van der Waals surface area contributed by atoms with Crippen LogP contribution in [0.5, 0.6) is 12.0 Å². The van der Waals surface area contributed by atoms with Gasteiger partial charge < -0.3 is 14.4 Å². The van der Waals surface area contributed by atoms with Crippen LogP contribution in [0.2, 0.25) is 0 Å². The van der Waals surface area contributed by atoms with E-state index < -0.39 is 0 Å². The SMILES string of the molecule is COc1nc(OC)nc(N2CCC(C(C)Cl)CC2)n1. The lowest BCUT2D eigenvalue weighted by Gasteiger charge is -2.33. The summed E-state index contributed by atoms with van der Waals surface area (Å²) < 4.78 is 10.1. The average molecular weight is 287 g/mol. The Balaban J connectivity index is 2.10. The fourth-order valence-electron chi connectivity index (χ4n) is 2.21. The number of nitrogens with zero attached hydrogens (tertiary/aromatic N) is 4. The molecule has 1 saturated heterocycles. The smallest absolute Gasteiger partial charge is 0.324 e. The van der Waals surface area contributed by atoms with E-state index >= 15 is 0 Å². The van der Waals surface area contributed by atoms with Crippen molar-refractivity contribution in [2.75, 3.05) is 32.2 Å². The molecule has 1 atom stereocenters. The summed E-state index contributed by atoms with van der Waals surface area (Å²) in [7, 11) is 3.06. The second kappa shape index (κ2) is 6.23. The summed E-state index contributed by atoms with van der Waals surface area (Å²) >= 11 is 6.15. The van der Waals surface area contributed by atoms with Crippen LogP contribution in [-0.4, -0.2) is 47.6 Å². The summed E-state index contributed by atoms with van der Waals surface area (Å²) in [5.74, 6) is 1.16. The second-order valence-electron chi connectivity index (χ2n) is 4.61. The van der Waals surface area contributed by atoms with E-state index in [-0.39, 0.29) is 17.4 Å². The molecule has 0 saturated carbocycles.